The SMILES string of the molecule is O=C(c1cnc2cnccn12)C1CC2CCCC(C1)N2C(=O)OCc1ccccc1. The lowest BCUT2D eigenvalue weighted by Gasteiger charge is -2.47. The summed E-state index contributed by atoms with van der Waals surface area (Å²) in [4.78, 5) is 36.4. The van der Waals surface area contributed by atoms with Gasteiger partial charge in [-0.05, 0) is 37.7 Å². The highest BCUT2D eigenvalue weighted by Gasteiger charge is 2.44. The molecule has 0 saturated carbocycles. The third-order valence-corrected chi connectivity index (χ3v) is 6.33. The summed E-state index contributed by atoms with van der Waals surface area (Å²) in [7, 11) is 0. The van der Waals surface area contributed by atoms with Crippen LogP contribution in [-0.4, -0.2) is 43.2 Å². The fourth-order valence-electron chi connectivity index (χ4n) is 4.92. The summed E-state index contributed by atoms with van der Waals surface area (Å²) in [5, 5.41) is 0. The van der Waals surface area contributed by atoms with Crippen LogP contribution in [0.25, 0.3) is 5.65 Å². The van der Waals surface area contributed by atoms with E-state index in [9.17, 15) is 9.59 Å². The summed E-state index contributed by atoms with van der Waals surface area (Å²) in [6, 6.07) is 9.81. The number of hydrogen-bond donors (Lipinski definition) is 0. The lowest BCUT2D eigenvalue weighted by molar-refractivity contribution is 0.00461. The van der Waals surface area contributed by atoms with Gasteiger partial charge in [0.1, 0.15) is 12.3 Å². The van der Waals surface area contributed by atoms with Gasteiger partial charge < -0.3 is 9.64 Å². The number of hydrogen-bond acceptors (Lipinski definition) is 5. The molecule has 7 nitrogen and oxygen atoms in total. The molecule has 0 spiro atoms. The van der Waals surface area contributed by atoms with Crippen molar-refractivity contribution in [1.82, 2.24) is 19.3 Å². The average Bonchev–Trinajstić information content (AvgIpc) is 3.21. The normalized spacial score (nSPS) is 23.3. The zero-order valence-electron chi connectivity index (χ0n) is 16.7. The van der Waals surface area contributed by atoms with Crippen molar-refractivity contribution in [3.8, 4) is 0 Å². The molecule has 2 atom stereocenters. The van der Waals surface area contributed by atoms with E-state index >= 15 is 0 Å². The molecule has 30 heavy (non-hydrogen) atoms. The van der Waals surface area contributed by atoms with Crippen molar-refractivity contribution in [2.24, 2.45) is 5.92 Å². The molecule has 5 rings (SSSR count). The number of amides is 1. The van der Waals surface area contributed by atoms with E-state index in [0.29, 0.717) is 24.2 Å². The van der Waals surface area contributed by atoms with Crippen LogP contribution in [0.5, 0.6) is 0 Å². The minimum absolute atomic E-state index is 0.0515. The first-order valence-electron chi connectivity index (χ1n) is 10.5. The van der Waals surface area contributed by atoms with E-state index in [-0.39, 0.29) is 36.5 Å². The first-order valence-corrected chi connectivity index (χ1v) is 10.5. The summed E-state index contributed by atoms with van der Waals surface area (Å²) in [6.07, 6.45) is 10.7. The first-order chi connectivity index (χ1) is 14.7. The minimum Gasteiger partial charge on any atom is -0.445 e. The van der Waals surface area contributed by atoms with Crippen LogP contribution >= 0.6 is 0 Å². The second kappa shape index (κ2) is 7.89. The van der Waals surface area contributed by atoms with E-state index in [2.05, 4.69) is 9.97 Å². The Kier molecular flexibility index (Phi) is 4.94. The molecule has 2 fully saturated rings. The van der Waals surface area contributed by atoms with Crippen LogP contribution in [0.3, 0.4) is 0 Å². The Morgan fingerprint density at radius 1 is 1.07 bits per heavy atom. The molecule has 0 radical (unpaired) electrons. The molecule has 4 heterocycles. The molecular formula is C23H24N4O3. The van der Waals surface area contributed by atoms with E-state index in [1.54, 1.807) is 29.2 Å². The molecule has 1 aromatic carbocycles. The van der Waals surface area contributed by atoms with Gasteiger partial charge in [0.05, 0.1) is 12.4 Å². The van der Waals surface area contributed by atoms with Crippen LogP contribution in [0.1, 0.15) is 48.2 Å². The molecule has 2 aliphatic rings. The topological polar surface area (TPSA) is 76.8 Å². The molecule has 1 amide bonds. The highest BCUT2D eigenvalue weighted by molar-refractivity contribution is 5.97. The van der Waals surface area contributed by atoms with Crippen molar-refractivity contribution in [2.75, 3.05) is 0 Å². The fourth-order valence-corrected chi connectivity index (χ4v) is 4.92. The minimum atomic E-state index is -0.264. The number of piperidine rings is 2. The van der Waals surface area contributed by atoms with Gasteiger partial charge in [-0.2, -0.15) is 0 Å². The van der Waals surface area contributed by atoms with Crippen molar-refractivity contribution < 1.29 is 14.3 Å². The lowest BCUT2D eigenvalue weighted by atomic mass is 9.76. The van der Waals surface area contributed by atoms with E-state index in [1.807, 2.05) is 35.2 Å². The van der Waals surface area contributed by atoms with Gasteiger partial charge >= 0.3 is 6.09 Å². The molecule has 3 aromatic rings. The maximum Gasteiger partial charge on any atom is 0.410 e. The van der Waals surface area contributed by atoms with Crippen LogP contribution in [0, 0.1) is 5.92 Å². The second-order valence-electron chi connectivity index (χ2n) is 8.17. The van der Waals surface area contributed by atoms with Gasteiger partial charge in [-0.3, -0.25) is 14.2 Å². The first kappa shape index (κ1) is 18.8. The number of nitrogens with zero attached hydrogens (tertiary/aromatic N) is 4. The van der Waals surface area contributed by atoms with Gasteiger partial charge in [-0.1, -0.05) is 30.3 Å². The third kappa shape index (κ3) is 3.44. The van der Waals surface area contributed by atoms with Gasteiger partial charge in [0, 0.05) is 30.4 Å². The van der Waals surface area contributed by atoms with Crippen LogP contribution in [0.15, 0.2) is 55.1 Å². The molecular weight excluding hydrogens is 380 g/mol. The maximum absolute atomic E-state index is 13.3. The molecule has 2 saturated heterocycles. The van der Waals surface area contributed by atoms with Gasteiger partial charge in [0.25, 0.3) is 0 Å². The standard InChI is InChI=1S/C23H24N4O3/c28-22(20-13-25-21-14-24-9-10-26(20)21)17-11-18-7-4-8-19(12-17)27(18)23(29)30-15-16-5-2-1-3-6-16/h1-3,5-6,9-10,13-14,17-19H,4,7-8,11-12,15H2. The van der Waals surface area contributed by atoms with Gasteiger partial charge in [0.2, 0.25) is 0 Å². The number of aromatic nitrogens is 3. The molecule has 2 bridgehead atoms. The summed E-state index contributed by atoms with van der Waals surface area (Å²) < 4.78 is 7.41. The summed E-state index contributed by atoms with van der Waals surface area (Å²) in [6.45, 7) is 0.272. The van der Waals surface area contributed by atoms with Gasteiger partial charge in [-0.25, -0.2) is 9.78 Å². The Bertz CT molecular complexity index is 1050. The van der Waals surface area contributed by atoms with Crippen LogP contribution in [-0.2, 0) is 11.3 Å². The van der Waals surface area contributed by atoms with Gasteiger partial charge in [-0.15, -0.1) is 0 Å². The molecule has 2 aliphatic heterocycles. The Hall–Kier alpha value is -3.22. The summed E-state index contributed by atoms with van der Waals surface area (Å²) in [5.41, 5.74) is 2.24. The zero-order chi connectivity index (χ0) is 20.5. The maximum atomic E-state index is 13.3. The molecule has 154 valence electrons. The Morgan fingerprint density at radius 2 is 1.83 bits per heavy atom. The lowest BCUT2D eigenvalue weighted by Crippen LogP contribution is -2.55. The Labute approximate surface area is 174 Å². The third-order valence-electron chi connectivity index (χ3n) is 6.33. The number of ether oxygens (including phenoxy) is 1. The number of rotatable bonds is 4. The second-order valence-corrected chi connectivity index (χ2v) is 8.17. The molecule has 2 aromatic heterocycles. The fraction of sp³-hybridized carbons (Fsp3) is 0.391. The predicted octanol–water partition coefficient (Wildman–Crippen LogP) is 3.88. The van der Waals surface area contributed by atoms with E-state index in [0.717, 1.165) is 24.8 Å². The molecule has 2 unspecified atom stereocenters. The number of carbonyl (C=O) groups excluding carboxylic acids is 2. The molecule has 0 aliphatic carbocycles. The Balaban J connectivity index is 1.30. The predicted molar refractivity (Wildman–Crippen MR) is 110 cm³/mol. The summed E-state index contributed by atoms with van der Waals surface area (Å²) in [5.74, 6) is -0.00515. The van der Waals surface area contributed by atoms with E-state index in [4.69, 9.17) is 4.74 Å². The number of Topliss-reactive ketones (excluding diaryl/α,β-unsaturated/α-hetero) is 1. The van der Waals surface area contributed by atoms with Crippen LogP contribution in [0.2, 0.25) is 0 Å². The van der Waals surface area contributed by atoms with Crippen LogP contribution in [0.4, 0.5) is 4.79 Å². The zero-order valence-corrected chi connectivity index (χ0v) is 16.7. The number of carbonyl (C=O) groups is 2. The van der Waals surface area contributed by atoms with Crippen LogP contribution < -0.4 is 0 Å². The van der Waals surface area contributed by atoms with E-state index in [1.165, 1.54) is 0 Å². The molecule has 0 N–H and O–H groups in total. The monoisotopic (exact) mass is 404 g/mol. The van der Waals surface area contributed by atoms with Crippen molar-refractivity contribution >= 4 is 17.5 Å². The highest BCUT2D eigenvalue weighted by Crippen LogP contribution is 2.38. The largest absolute Gasteiger partial charge is 0.445 e. The van der Waals surface area contributed by atoms with Gasteiger partial charge in [0.15, 0.2) is 11.4 Å². The van der Waals surface area contributed by atoms with Crippen molar-refractivity contribution in [2.45, 2.75) is 50.8 Å². The average molecular weight is 404 g/mol. The quantitative estimate of drug-likeness (QED) is 0.617. The highest BCUT2D eigenvalue weighted by atomic mass is 16.6. The summed E-state index contributed by atoms with van der Waals surface area (Å²) >= 11 is 0. The number of imidazole rings is 1. The number of ketones is 1. The smallest absolute Gasteiger partial charge is 0.410 e. The molecule has 7 heteroatoms. The van der Waals surface area contributed by atoms with Crippen molar-refractivity contribution in [1.29, 1.82) is 0 Å². The van der Waals surface area contributed by atoms with Crippen molar-refractivity contribution in [3.63, 3.8) is 0 Å². The number of benzene rings is 1. The Morgan fingerprint density at radius 3 is 2.60 bits per heavy atom. The van der Waals surface area contributed by atoms with E-state index < -0.39 is 0 Å². The number of fused-ring (bicyclic) bond motifs is 3. The van der Waals surface area contributed by atoms with Crippen molar-refractivity contribution in [3.05, 3.63) is 66.4 Å².